The predicted octanol–water partition coefficient (Wildman–Crippen LogP) is 3.59. The van der Waals surface area contributed by atoms with Crippen LogP contribution in [0.25, 0.3) is 0 Å². The van der Waals surface area contributed by atoms with E-state index in [4.69, 9.17) is 4.74 Å². The molecule has 0 bridgehead atoms. The highest BCUT2D eigenvalue weighted by Gasteiger charge is 2.24. The summed E-state index contributed by atoms with van der Waals surface area (Å²) in [5, 5.41) is 12.6. The van der Waals surface area contributed by atoms with Crippen molar-refractivity contribution in [1.82, 2.24) is 10.2 Å². The molecule has 160 valence electrons. The first kappa shape index (κ1) is 21.7. The number of nitrogens with one attached hydrogen (secondary N) is 1. The smallest absolute Gasteiger partial charge is 0.253 e. The largest absolute Gasteiger partial charge is 0.508 e. The molecule has 30 heavy (non-hydrogen) atoms. The Balaban J connectivity index is 1.36. The maximum absolute atomic E-state index is 12.5. The number of amides is 2. The molecule has 0 spiro atoms. The Hall–Kier alpha value is -3.02. The zero-order valence-electron chi connectivity index (χ0n) is 17.7. The van der Waals surface area contributed by atoms with Crippen molar-refractivity contribution in [2.45, 2.75) is 45.6 Å². The van der Waals surface area contributed by atoms with Gasteiger partial charge < -0.3 is 20.1 Å². The van der Waals surface area contributed by atoms with Gasteiger partial charge in [-0.2, -0.15) is 0 Å². The highest BCUT2D eigenvalue weighted by Crippen LogP contribution is 2.22. The van der Waals surface area contributed by atoms with Gasteiger partial charge in [-0.15, -0.1) is 0 Å². The summed E-state index contributed by atoms with van der Waals surface area (Å²) < 4.78 is 5.86. The number of likely N-dealkylation sites (tertiary alicyclic amines) is 1. The van der Waals surface area contributed by atoms with Gasteiger partial charge in [-0.05, 0) is 62.4 Å². The summed E-state index contributed by atoms with van der Waals surface area (Å²) in [5.41, 5.74) is 2.69. The first-order chi connectivity index (χ1) is 14.4. The Morgan fingerprint density at radius 2 is 1.77 bits per heavy atom. The zero-order valence-corrected chi connectivity index (χ0v) is 17.7. The fourth-order valence-electron chi connectivity index (χ4n) is 3.78. The number of piperidine rings is 1. The minimum absolute atomic E-state index is 0.0258. The zero-order chi connectivity index (χ0) is 21.5. The SMILES string of the molecule is Cc1cccc(C)c1OCCCC(=O)NC1CCN(C(=O)c2cccc(O)c2)CC1. The van der Waals surface area contributed by atoms with E-state index in [2.05, 4.69) is 5.32 Å². The van der Waals surface area contributed by atoms with E-state index in [1.807, 2.05) is 32.0 Å². The molecule has 1 saturated heterocycles. The van der Waals surface area contributed by atoms with Gasteiger partial charge in [0.1, 0.15) is 11.5 Å². The molecule has 6 nitrogen and oxygen atoms in total. The molecular formula is C24H30N2O4. The van der Waals surface area contributed by atoms with Crippen molar-refractivity contribution >= 4 is 11.8 Å². The van der Waals surface area contributed by atoms with Crippen LogP contribution < -0.4 is 10.1 Å². The lowest BCUT2D eigenvalue weighted by Crippen LogP contribution is -2.46. The number of aromatic hydroxyl groups is 1. The van der Waals surface area contributed by atoms with Gasteiger partial charge in [0.15, 0.2) is 0 Å². The van der Waals surface area contributed by atoms with Crippen LogP contribution in [0.5, 0.6) is 11.5 Å². The van der Waals surface area contributed by atoms with Crippen molar-refractivity contribution in [2.24, 2.45) is 0 Å². The van der Waals surface area contributed by atoms with E-state index in [9.17, 15) is 14.7 Å². The van der Waals surface area contributed by atoms with Crippen molar-refractivity contribution < 1.29 is 19.4 Å². The van der Waals surface area contributed by atoms with Gasteiger partial charge in [0, 0.05) is 31.1 Å². The molecule has 2 N–H and O–H groups in total. The van der Waals surface area contributed by atoms with Gasteiger partial charge in [-0.3, -0.25) is 9.59 Å². The summed E-state index contributed by atoms with van der Waals surface area (Å²) in [7, 11) is 0. The van der Waals surface area contributed by atoms with Crippen LogP contribution >= 0.6 is 0 Å². The molecule has 0 aliphatic carbocycles. The average molecular weight is 411 g/mol. The van der Waals surface area contributed by atoms with Crippen LogP contribution in [-0.4, -0.2) is 47.6 Å². The van der Waals surface area contributed by atoms with E-state index in [1.165, 1.54) is 6.07 Å². The fraction of sp³-hybridized carbons (Fsp3) is 0.417. The van der Waals surface area contributed by atoms with Gasteiger partial charge in [0.2, 0.25) is 5.91 Å². The molecule has 1 fully saturated rings. The summed E-state index contributed by atoms with van der Waals surface area (Å²) in [6, 6.07) is 12.5. The molecule has 2 aromatic rings. The molecule has 1 heterocycles. The number of rotatable bonds is 7. The van der Waals surface area contributed by atoms with Crippen LogP contribution in [0.4, 0.5) is 0 Å². The number of aryl methyl sites for hydroxylation is 2. The third kappa shape index (κ3) is 5.75. The van der Waals surface area contributed by atoms with Crippen LogP contribution in [0.15, 0.2) is 42.5 Å². The van der Waals surface area contributed by atoms with Crippen LogP contribution in [0.3, 0.4) is 0 Å². The van der Waals surface area contributed by atoms with Crippen molar-refractivity contribution in [3.63, 3.8) is 0 Å². The monoisotopic (exact) mass is 410 g/mol. The molecule has 0 atom stereocenters. The third-order valence-corrected chi connectivity index (χ3v) is 5.44. The summed E-state index contributed by atoms with van der Waals surface area (Å²) in [6.07, 6.45) is 2.55. The van der Waals surface area contributed by atoms with Gasteiger partial charge in [-0.1, -0.05) is 24.3 Å². The maximum Gasteiger partial charge on any atom is 0.253 e. The number of para-hydroxylation sites is 1. The number of carbonyl (C=O) groups is 2. The Kier molecular flexibility index (Phi) is 7.33. The van der Waals surface area contributed by atoms with Crippen molar-refractivity contribution in [1.29, 1.82) is 0 Å². The lowest BCUT2D eigenvalue weighted by molar-refractivity contribution is -0.122. The summed E-state index contributed by atoms with van der Waals surface area (Å²) in [4.78, 5) is 26.6. The Bertz CT molecular complexity index is 868. The lowest BCUT2D eigenvalue weighted by Gasteiger charge is -2.32. The van der Waals surface area contributed by atoms with E-state index < -0.39 is 0 Å². The number of nitrogens with zero attached hydrogens (tertiary/aromatic N) is 1. The van der Waals surface area contributed by atoms with Crippen LogP contribution in [0.2, 0.25) is 0 Å². The second kappa shape index (κ2) is 10.1. The first-order valence-corrected chi connectivity index (χ1v) is 10.5. The molecule has 0 unspecified atom stereocenters. The number of benzene rings is 2. The number of phenols is 1. The molecule has 0 radical (unpaired) electrons. The van der Waals surface area contributed by atoms with E-state index in [-0.39, 0.29) is 23.6 Å². The topological polar surface area (TPSA) is 78.9 Å². The van der Waals surface area contributed by atoms with E-state index >= 15 is 0 Å². The van der Waals surface area contributed by atoms with Crippen LogP contribution in [-0.2, 0) is 4.79 Å². The second-order valence-electron chi connectivity index (χ2n) is 7.86. The highest BCUT2D eigenvalue weighted by atomic mass is 16.5. The standard InChI is InChI=1S/C24H30N2O4/c1-17-6-3-7-18(2)23(17)30-15-5-10-22(28)25-20-11-13-26(14-12-20)24(29)19-8-4-9-21(27)16-19/h3-4,6-9,16,20,27H,5,10-15H2,1-2H3,(H,25,28). The lowest BCUT2D eigenvalue weighted by atomic mass is 10.0. The predicted molar refractivity (Wildman–Crippen MR) is 116 cm³/mol. The molecule has 3 rings (SSSR count). The Labute approximate surface area is 177 Å². The Morgan fingerprint density at radius 3 is 2.43 bits per heavy atom. The van der Waals surface area contributed by atoms with Crippen molar-refractivity contribution in [3.05, 3.63) is 59.2 Å². The van der Waals surface area contributed by atoms with Crippen molar-refractivity contribution in [3.8, 4) is 11.5 Å². The summed E-state index contributed by atoms with van der Waals surface area (Å²) in [6.45, 7) is 5.74. The van der Waals surface area contributed by atoms with Crippen LogP contribution in [0, 0.1) is 13.8 Å². The molecule has 6 heteroatoms. The number of carbonyl (C=O) groups excluding carboxylic acids is 2. The number of phenolic OH excluding ortho intramolecular Hbond substituents is 1. The summed E-state index contributed by atoms with van der Waals surface area (Å²) in [5.74, 6) is 0.934. The van der Waals surface area contributed by atoms with Crippen LogP contribution in [0.1, 0.15) is 47.2 Å². The minimum atomic E-state index is -0.0840. The fourth-order valence-corrected chi connectivity index (χ4v) is 3.78. The van der Waals surface area contributed by atoms with Gasteiger partial charge in [-0.25, -0.2) is 0 Å². The number of hydrogen-bond acceptors (Lipinski definition) is 4. The molecule has 0 saturated carbocycles. The molecule has 2 aromatic carbocycles. The molecule has 2 amide bonds. The van der Waals surface area contributed by atoms with Gasteiger partial charge >= 0.3 is 0 Å². The highest BCUT2D eigenvalue weighted by molar-refractivity contribution is 5.94. The molecule has 1 aliphatic rings. The average Bonchev–Trinajstić information content (AvgIpc) is 2.73. The van der Waals surface area contributed by atoms with E-state index in [0.29, 0.717) is 38.1 Å². The molecule has 0 aromatic heterocycles. The quantitative estimate of drug-likeness (QED) is 0.684. The Morgan fingerprint density at radius 1 is 1.10 bits per heavy atom. The van der Waals surface area contributed by atoms with Gasteiger partial charge in [0.25, 0.3) is 5.91 Å². The third-order valence-electron chi connectivity index (χ3n) is 5.44. The summed E-state index contributed by atoms with van der Waals surface area (Å²) >= 11 is 0. The number of hydrogen-bond donors (Lipinski definition) is 2. The van der Waals surface area contributed by atoms with Gasteiger partial charge in [0.05, 0.1) is 6.61 Å². The number of ether oxygens (including phenoxy) is 1. The van der Waals surface area contributed by atoms with E-state index in [1.54, 1.807) is 23.1 Å². The maximum atomic E-state index is 12.5. The molecular weight excluding hydrogens is 380 g/mol. The second-order valence-corrected chi connectivity index (χ2v) is 7.86. The van der Waals surface area contributed by atoms with Crippen molar-refractivity contribution in [2.75, 3.05) is 19.7 Å². The molecule has 1 aliphatic heterocycles. The first-order valence-electron chi connectivity index (χ1n) is 10.5. The normalized spacial score (nSPS) is 14.4. The van der Waals surface area contributed by atoms with E-state index in [0.717, 1.165) is 29.7 Å². The minimum Gasteiger partial charge on any atom is -0.508 e.